The van der Waals surface area contributed by atoms with Crippen molar-refractivity contribution in [1.82, 2.24) is 4.98 Å². The molecule has 0 saturated heterocycles. The molecule has 20 heavy (non-hydrogen) atoms. The standard InChI is InChI=1S/C16H20N2O2/c1-11-8-9-12(2)18-16(11)20-10-13-14(17-3)6-5-7-15(13)19-4/h5-9,17H,10H2,1-4H3. The molecule has 0 spiro atoms. The highest BCUT2D eigenvalue weighted by molar-refractivity contribution is 5.57. The molecular formula is C16H20N2O2. The number of ether oxygens (including phenoxy) is 2. The van der Waals surface area contributed by atoms with Crippen LogP contribution in [-0.2, 0) is 6.61 Å². The lowest BCUT2D eigenvalue weighted by atomic mass is 10.1. The van der Waals surface area contributed by atoms with Crippen LogP contribution in [0.25, 0.3) is 0 Å². The van der Waals surface area contributed by atoms with Crippen molar-refractivity contribution in [2.24, 2.45) is 0 Å². The van der Waals surface area contributed by atoms with Gasteiger partial charge in [-0.1, -0.05) is 12.1 Å². The maximum Gasteiger partial charge on any atom is 0.216 e. The van der Waals surface area contributed by atoms with Gasteiger partial charge in [0.25, 0.3) is 0 Å². The lowest BCUT2D eigenvalue weighted by molar-refractivity contribution is 0.284. The van der Waals surface area contributed by atoms with Crippen molar-refractivity contribution < 1.29 is 9.47 Å². The maximum atomic E-state index is 5.86. The van der Waals surface area contributed by atoms with Crippen LogP contribution in [0.4, 0.5) is 5.69 Å². The predicted octanol–water partition coefficient (Wildman–Crippen LogP) is 3.33. The molecule has 2 rings (SSSR count). The van der Waals surface area contributed by atoms with E-state index in [4.69, 9.17) is 9.47 Å². The Kier molecular flexibility index (Phi) is 4.45. The summed E-state index contributed by atoms with van der Waals surface area (Å²) < 4.78 is 11.2. The Balaban J connectivity index is 2.24. The Bertz CT molecular complexity index is 575. The summed E-state index contributed by atoms with van der Waals surface area (Å²) in [6, 6.07) is 9.86. The molecule has 0 aliphatic heterocycles. The Morgan fingerprint density at radius 3 is 2.65 bits per heavy atom. The average molecular weight is 272 g/mol. The third kappa shape index (κ3) is 3.02. The first kappa shape index (κ1) is 14.2. The average Bonchev–Trinajstić information content (AvgIpc) is 2.47. The minimum Gasteiger partial charge on any atom is -0.496 e. The number of aromatic nitrogens is 1. The van der Waals surface area contributed by atoms with Gasteiger partial charge in [-0.2, -0.15) is 0 Å². The number of hydrogen-bond donors (Lipinski definition) is 1. The molecule has 1 heterocycles. The minimum absolute atomic E-state index is 0.414. The Morgan fingerprint density at radius 1 is 1.15 bits per heavy atom. The summed E-state index contributed by atoms with van der Waals surface area (Å²) in [5.41, 5.74) is 3.95. The molecule has 2 aromatic rings. The Morgan fingerprint density at radius 2 is 1.95 bits per heavy atom. The van der Waals surface area contributed by atoms with Crippen LogP contribution < -0.4 is 14.8 Å². The number of pyridine rings is 1. The normalized spacial score (nSPS) is 10.2. The molecule has 0 radical (unpaired) electrons. The highest BCUT2D eigenvalue weighted by Crippen LogP contribution is 2.28. The molecule has 0 fully saturated rings. The number of rotatable bonds is 5. The second-order valence-corrected chi connectivity index (χ2v) is 4.60. The van der Waals surface area contributed by atoms with Crippen LogP contribution in [0, 0.1) is 13.8 Å². The van der Waals surface area contributed by atoms with E-state index in [1.54, 1.807) is 7.11 Å². The molecule has 106 valence electrons. The van der Waals surface area contributed by atoms with Gasteiger partial charge < -0.3 is 14.8 Å². The van der Waals surface area contributed by atoms with Crippen LogP contribution in [0.2, 0.25) is 0 Å². The topological polar surface area (TPSA) is 43.4 Å². The molecule has 4 heteroatoms. The van der Waals surface area contributed by atoms with Crippen LogP contribution in [0.15, 0.2) is 30.3 Å². The van der Waals surface area contributed by atoms with Gasteiger partial charge in [-0.3, -0.25) is 0 Å². The summed E-state index contributed by atoms with van der Waals surface area (Å²) in [4.78, 5) is 4.42. The highest BCUT2D eigenvalue weighted by Gasteiger charge is 2.10. The van der Waals surface area contributed by atoms with E-state index >= 15 is 0 Å². The number of nitrogens with zero attached hydrogens (tertiary/aromatic N) is 1. The van der Waals surface area contributed by atoms with Crippen molar-refractivity contribution in [3.63, 3.8) is 0 Å². The first-order valence-electron chi connectivity index (χ1n) is 6.56. The summed E-state index contributed by atoms with van der Waals surface area (Å²) >= 11 is 0. The molecule has 0 atom stereocenters. The van der Waals surface area contributed by atoms with Crippen LogP contribution in [0.3, 0.4) is 0 Å². The minimum atomic E-state index is 0.414. The monoisotopic (exact) mass is 272 g/mol. The number of anilines is 1. The summed E-state index contributed by atoms with van der Waals surface area (Å²) in [7, 11) is 3.54. The van der Waals surface area contributed by atoms with E-state index in [1.165, 1.54) is 0 Å². The van der Waals surface area contributed by atoms with Crippen molar-refractivity contribution in [2.75, 3.05) is 19.5 Å². The molecule has 0 bridgehead atoms. The number of hydrogen-bond acceptors (Lipinski definition) is 4. The summed E-state index contributed by atoms with van der Waals surface area (Å²) in [5.74, 6) is 1.47. The van der Waals surface area contributed by atoms with E-state index in [1.807, 2.05) is 51.2 Å². The number of benzene rings is 1. The van der Waals surface area contributed by atoms with Gasteiger partial charge in [0.15, 0.2) is 0 Å². The van der Waals surface area contributed by atoms with E-state index in [9.17, 15) is 0 Å². The zero-order valence-corrected chi connectivity index (χ0v) is 12.4. The fourth-order valence-electron chi connectivity index (χ4n) is 2.03. The van der Waals surface area contributed by atoms with E-state index in [0.29, 0.717) is 12.5 Å². The molecule has 1 N–H and O–H groups in total. The van der Waals surface area contributed by atoms with Gasteiger partial charge in [0.2, 0.25) is 5.88 Å². The summed E-state index contributed by atoms with van der Waals surface area (Å²) in [6.45, 7) is 4.36. The zero-order valence-electron chi connectivity index (χ0n) is 12.4. The molecule has 0 saturated carbocycles. The zero-order chi connectivity index (χ0) is 14.5. The molecule has 0 unspecified atom stereocenters. The first-order chi connectivity index (χ1) is 9.65. The van der Waals surface area contributed by atoms with Crippen LogP contribution in [0.1, 0.15) is 16.8 Å². The molecule has 0 aliphatic carbocycles. The van der Waals surface area contributed by atoms with Gasteiger partial charge >= 0.3 is 0 Å². The van der Waals surface area contributed by atoms with Crippen LogP contribution in [-0.4, -0.2) is 19.1 Å². The molecule has 0 amide bonds. The smallest absolute Gasteiger partial charge is 0.216 e. The summed E-state index contributed by atoms with van der Waals surface area (Å²) in [5, 5.41) is 3.15. The SMILES string of the molecule is CNc1cccc(OC)c1COc1nc(C)ccc1C. The fourth-order valence-corrected chi connectivity index (χ4v) is 2.03. The summed E-state index contributed by atoms with van der Waals surface area (Å²) in [6.07, 6.45) is 0. The number of nitrogens with one attached hydrogen (secondary N) is 1. The van der Waals surface area contributed by atoms with E-state index in [0.717, 1.165) is 28.3 Å². The maximum absolute atomic E-state index is 5.86. The fraction of sp³-hybridized carbons (Fsp3) is 0.312. The largest absolute Gasteiger partial charge is 0.496 e. The third-order valence-electron chi connectivity index (χ3n) is 3.17. The van der Waals surface area contributed by atoms with Gasteiger partial charge in [0.1, 0.15) is 12.4 Å². The van der Waals surface area contributed by atoms with Gasteiger partial charge in [-0.15, -0.1) is 0 Å². The first-order valence-corrected chi connectivity index (χ1v) is 6.56. The van der Waals surface area contributed by atoms with E-state index in [-0.39, 0.29) is 0 Å². The Labute approximate surface area is 119 Å². The molecule has 1 aromatic carbocycles. The third-order valence-corrected chi connectivity index (χ3v) is 3.17. The van der Waals surface area contributed by atoms with Crippen LogP contribution >= 0.6 is 0 Å². The predicted molar refractivity (Wildman–Crippen MR) is 80.6 cm³/mol. The number of aryl methyl sites for hydroxylation is 2. The van der Waals surface area contributed by atoms with Crippen LogP contribution in [0.5, 0.6) is 11.6 Å². The quantitative estimate of drug-likeness (QED) is 0.906. The van der Waals surface area contributed by atoms with Gasteiger partial charge in [-0.25, -0.2) is 4.98 Å². The van der Waals surface area contributed by atoms with Gasteiger partial charge in [-0.05, 0) is 32.0 Å². The second kappa shape index (κ2) is 6.28. The molecule has 4 nitrogen and oxygen atoms in total. The van der Waals surface area contributed by atoms with Crippen molar-refractivity contribution >= 4 is 5.69 Å². The van der Waals surface area contributed by atoms with Gasteiger partial charge in [0, 0.05) is 24.0 Å². The highest BCUT2D eigenvalue weighted by atomic mass is 16.5. The molecular weight excluding hydrogens is 252 g/mol. The van der Waals surface area contributed by atoms with Crippen molar-refractivity contribution in [1.29, 1.82) is 0 Å². The van der Waals surface area contributed by atoms with Crippen molar-refractivity contribution in [3.05, 3.63) is 47.2 Å². The molecule has 0 aliphatic rings. The van der Waals surface area contributed by atoms with E-state index < -0.39 is 0 Å². The second-order valence-electron chi connectivity index (χ2n) is 4.60. The lowest BCUT2D eigenvalue weighted by Crippen LogP contribution is -2.05. The van der Waals surface area contributed by atoms with Crippen molar-refractivity contribution in [3.8, 4) is 11.6 Å². The van der Waals surface area contributed by atoms with Gasteiger partial charge in [0.05, 0.1) is 12.7 Å². The van der Waals surface area contributed by atoms with E-state index in [2.05, 4.69) is 10.3 Å². The Hall–Kier alpha value is -2.23. The lowest BCUT2D eigenvalue weighted by Gasteiger charge is -2.15. The number of methoxy groups -OCH3 is 1. The van der Waals surface area contributed by atoms with Crippen molar-refractivity contribution in [2.45, 2.75) is 20.5 Å². The molecule has 1 aromatic heterocycles.